The quantitative estimate of drug-likeness (QED) is 0.523. The highest BCUT2D eigenvalue weighted by molar-refractivity contribution is 14.1. The van der Waals surface area contributed by atoms with Gasteiger partial charge < -0.3 is 15.5 Å². The first-order chi connectivity index (χ1) is 12.5. The molecule has 0 aliphatic carbocycles. The van der Waals surface area contributed by atoms with Crippen LogP contribution in [0.15, 0.2) is 40.9 Å². The monoisotopic (exact) mass is 527 g/mol. The Morgan fingerprint density at radius 3 is 2.62 bits per heavy atom. The smallest absolute Gasteiger partial charge is 0.253 e. The molecule has 0 bridgehead atoms. The number of benzene rings is 2. The molecule has 3 rings (SSSR count). The first-order valence-corrected chi connectivity index (χ1v) is 10.7. The second-order valence-electron chi connectivity index (χ2n) is 6.58. The van der Waals surface area contributed by atoms with Gasteiger partial charge in [0.1, 0.15) is 0 Å². The van der Waals surface area contributed by atoms with Gasteiger partial charge in [0.2, 0.25) is 0 Å². The van der Waals surface area contributed by atoms with Crippen LogP contribution in [-0.2, 0) is 0 Å². The highest BCUT2D eigenvalue weighted by Crippen LogP contribution is 2.27. The summed E-state index contributed by atoms with van der Waals surface area (Å²) in [5.74, 6) is -0.0452. The normalized spacial score (nSPS) is 14.4. The molecule has 0 saturated carbocycles. The molecule has 6 heteroatoms. The van der Waals surface area contributed by atoms with Crippen molar-refractivity contribution < 1.29 is 4.79 Å². The Balaban J connectivity index is 1.71. The number of nitrogens with zero attached hydrogens (tertiary/aromatic N) is 1. The third-order valence-corrected chi connectivity index (χ3v) is 5.76. The lowest BCUT2D eigenvalue weighted by Gasteiger charge is -2.17. The van der Waals surface area contributed by atoms with Gasteiger partial charge in [-0.05, 0) is 97.4 Å². The second kappa shape index (κ2) is 9.19. The minimum atomic E-state index is -0.0452. The minimum Gasteiger partial charge on any atom is -0.355 e. The highest BCUT2D eigenvalue weighted by atomic mass is 127. The van der Waals surface area contributed by atoms with Gasteiger partial charge in [-0.15, -0.1) is 0 Å². The molecule has 1 amide bonds. The van der Waals surface area contributed by atoms with Crippen LogP contribution < -0.4 is 10.6 Å². The third-order valence-electron chi connectivity index (χ3n) is 4.60. The topological polar surface area (TPSA) is 44.4 Å². The van der Waals surface area contributed by atoms with E-state index in [4.69, 9.17) is 0 Å². The number of halogens is 2. The summed E-state index contributed by atoms with van der Waals surface area (Å²) in [5, 5.41) is 6.47. The van der Waals surface area contributed by atoms with Crippen LogP contribution in [0.5, 0.6) is 0 Å². The Labute approximate surface area is 177 Å². The molecule has 2 aromatic carbocycles. The first kappa shape index (κ1) is 19.6. The lowest BCUT2D eigenvalue weighted by molar-refractivity contribution is 0.0950. The number of nitrogens with one attached hydrogen (secondary N) is 2. The zero-order valence-electron chi connectivity index (χ0n) is 14.8. The van der Waals surface area contributed by atoms with Crippen LogP contribution in [0, 0.1) is 10.5 Å². The molecule has 1 fully saturated rings. The number of carbonyl (C=O) groups is 1. The maximum atomic E-state index is 12.7. The van der Waals surface area contributed by atoms with Crippen LogP contribution in [0.3, 0.4) is 0 Å². The molecule has 1 saturated heterocycles. The fraction of sp³-hybridized carbons (Fsp3) is 0.350. The second-order valence-corrected chi connectivity index (χ2v) is 8.74. The number of amides is 1. The highest BCUT2D eigenvalue weighted by Gasteiger charge is 2.15. The van der Waals surface area contributed by atoms with Crippen molar-refractivity contribution in [1.82, 2.24) is 10.2 Å². The predicted octanol–water partition coefficient (Wildman–Crippen LogP) is 4.93. The Kier molecular flexibility index (Phi) is 6.94. The molecule has 0 radical (unpaired) electrons. The van der Waals surface area contributed by atoms with E-state index < -0.39 is 0 Å². The van der Waals surface area contributed by atoms with Crippen molar-refractivity contribution in [3.63, 3.8) is 0 Å². The maximum Gasteiger partial charge on any atom is 0.253 e. The summed E-state index contributed by atoms with van der Waals surface area (Å²) in [6.45, 7) is 5.95. The fourth-order valence-electron chi connectivity index (χ4n) is 3.15. The van der Waals surface area contributed by atoms with Crippen molar-refractivity contribution in [2.75, 3.05) is 31.5 Å². The van der Waals surface area contributed by atoms with Gasteiger partial charge in [-0.1, -0.05) is 15.9 Å². The van der Waals surface area contributed by atoms with Crippen molar-refractivity contribution in [2.45, 2.75) is 19.8 Å². The van der Waals surface area contributed by atoms with E-state index in [1.807, 2.05) is 24.3 Å². The summed E-state index contributed by atoms with van der Waals surface area (Å²) in [6, 6.07) is 12.0. The number of likely N-dealkylation sites (tertiary alicyclic amines) is 1. The van der Waals surface area contributed by atoms with Crippen molar-refractivity contribution in [3.05, 3.63) is 55.6 Å². The Bertz CT molecular complexity index is 791. The Morgan fingerprint density at radius 1 is 1.15 bits per heavy atom. The van der Waals surface area contributed by atoms with E-state index in [-0.39, 0.29) is 5.91 Å². The minimum absolute atomic E-state index is 0.0452. The van der Waals surface area contributed by atoms with Gasteiger partial charge in [0.15, 0.2) is 0 Å². The lowest BCUT2D eigenvalue weighted by atomic mass is 10.1. The number of hydrogen-bond donors (Lipinski definition) is 2. The van der Waals surface area contributed by atoms with Crippen LogP contribution in [0.1, 0.15) is 28.8 Å². The summed E-state index contributed by atoms with van der Waals surface area (Å²) in [7, 11) is 0. The third kappa shape index (κ3) is 5.20. The van der Waals surface area contributed by atoms with Crippen LogP contribution >= 0.6 is 38.5 Å². The van der Waals surface area contributed by atoms with E-state index in [0.29, 0.717) is 12.1 Å². The molecule has 0 spiro atoms. The van der Waals surface area contributed by atoms with Crippen LogP contribution in [-0.4, -0.2) is 37.0 Å². The number of aryl methyl sites for hydroxylation is 1. The standard InChI is InChI=1S/C20H23BrIN3O/c1-14-12-16(22)5-7-18(14)24-19-6-4-15(21)13-17(19)20(26)23-8-11-25-9-2-3-10-25/h4-7,12-13,24H,2-3,8-11H2,1H3,(H,23,26). The van der Waals surface area contributed by atoms with E-state index in [2.05, 4.69) is 73.1 Å². The number of anilines is 2. The maximum absolute atomic E-state index is 12.7. The van der Waals surface area contributed by atoms with Gasteiger partial charge in [-0.2, -0.15) is 0 Å². The lowest BCUT2D eigenvalue weighted by Crippen LogP contribution is -2.33. The van der Waals surface area contributed by atoms with Crippen molar-refractivity contribution in [3.8, 4) is 0 Å². The Hall–Kier alpha value is -1.12. The van der Waals surface area contributed by atoms with Gasteiger partial charge in [-0.3, -0.25) is 4.79 Å². The largest absolute Gasteiger partial charge is 0.355 e. The van der Waals surface area contributed by atoms with Crippen molar-refractivity contribution >= 4 is 55.8 Å². The molecule has 1 aliphatic rings. The molecule has 26 heavy (non-hydrogen) atoms. The van der Waals surface area contributed by atoms with E-state index in [0.717, 1.165) is 41.0 Å². The Morgan fingerprint density at radius 2 is 1.88 bits per heavy atom. The van der Waals surface area contributed by atoms with Crippen molar-refractivity contribution in [2.24, 2.45) is 0 Å². The first-order valence-electron chi connectivity index (χ1n) is 8.86. The summed E-state index contributed by atoms with van der Waals surface area (Å²) < 4.78 is 2.09. The molecular weight excluding hydrogens is 505 g/mol. The number of rotatable bonds is 6. The van der Waals surface area contributed by atoms with E-state index in [1.165, 1.54) is 16.4 Å². The van der Waals surface area contributed by atoms with Gasteiger partial charge >= 0.3 is 0 Å². The van der Waals surface area contributed by atoms with E-state index >= 15 is 0 Å². The molecular formula is C20H23BrIN3O. The average molecular weight is 528 g/mol. The average Bonchev–Trinajstić information content (AvgIpc) is 3.12. The molecule has 2 N–H and O–H groups in total. The number of carbonyl (C=O) groups excluding carboxylic acids is 1. The molecule has 0 atom stereocenters. The van der Waals surface area contributed by atoms with E-state index in [1.54, 1.807) is 0 Å². The van der Waals surface area contributed by atoms with Gasteiger partial charge in [0.05, 0.1) is 11.3 Å². The predicted molar refractivity (Wildman–Crippen MR) is 119 cm³/mol. The molecule has 0 unspecified atom stereocenters. The summed E-state index contributed by atoms with van der Waals surface area (Å²) in [5.41, 5.74) is 3.63. The molecule has 1 heterocycles. The fourth-order valence-corrected chi connectivity index (χ4v) is 4.16. The van der Waals surface area contributed by atoms with Crippen LogP contribution in [0.2, 0.25) is 0 Å². The van der Waals surface area contributed by atoms with Gasteiger partial charge in [0.25, 0.3) is 5.91 Å². The molecule has 2 aromatic rings. The van der Waals surface area contributed by atoms with Gasteiger partial charge in [0, 0.05) is 26.8 Å². The zero-order chi connectivity index (χ0) is 18.5. The molecule has 1 aliphatic heterocycles. The summed E-state index contributed by atoms with van der Waals surface area (Å²) in [6.07, 6.45) is 2.53. The van der Waals surface area contributed by atoms with E-state index in [9.17, 15) is 4.79 Å². The molecule has 138 valence electrons. The molecule has 0 aromatic heterocycles. The van der Waals surface area contributed by atoms with Crippen LogP contribution in [0.4, 0.5) is 11.4 Å². The molecule has 4 nitrogen and oxygen atoms in total. The SMILES string of the molecule is Cc1cc(I)ccc1Nc1ccc(Br)cc1C(=O)NCCN1CCCC1. The number of hydrogen-bond acceptors (Lipinski definition) is 3. The summed E-state index contributed by atoms with van der Waals surface area (Å²) in [4.78, 5) is 15.1. The van der Waals surface area contributed by atoms with Crippen molar-refractivity contribution in [1.29, 1.82) is 0 Å². The van der Waals surface area contributed by atoms with Gasteiger partial charge in [-0.25, -0.2) is 0 Å². The zero-order valence-corrected chi connectivity index (χ0v) is 18.6. The summed E-state index contributed by atoms with van der Waals surface area (Å²) >= 11 is 5.78. The van der Waals surface area contributed by atoms with Crippen LogP contribution in [0.25, 0.3) is 0 Å².